The standard InChI is InChI=1S/C21H21ClO4/c1-13(2)18(12-21(24)25)19-11-17(26-3)9-6-15(19)10-20(23)14-4-7-16(22)8-5-14/h4-9,11H,10,12H2,1-3H3,(H,24,25). The summed E-state index contributed by atoms with van der Waals surface area (Å²) < 4.78 is 5.28. The molecular weight excluding hydrogens is 352 g/mol. The van der Waals surface area contributed by atoms with Gasteiger partial charge in [-0.3, -0.25) is 9.59 Å². The Kier molecular flexibility index (Phi) is 6.58. The summed E-state index contributed by atoms with van der Waals surface area (Å²) >= 11 is 5.87. The van der Waals surface area contributed by atoms with Gasteiger partial charge in [-0.05, 0) is 66.9 Å². The Hall–Kier alpha value is -2.59. The summed E-state index contributed by atoms with van der Waals surface area (Å²) in [6.07, 6.45) is 0.0506. The molecule has 0 heterocycles. The maximum Gasteiger partial charge on any atom is 0.307 e. The van der Waals surface area contributed by atoms with E-state index in [1.807, 2.05) is 19.9 Å². The fraction of sp³-hybridized carbons (Fsp3) is 0.238. The second kappa shape index (κ2) is 8.68. The number of carbonyl (C=O) groups excluding carboxylic acids is 1. The van der Waals surface area contributed by atoms with E-state index in [2.05, 4.69) is 0 Å². The highest BCUT2D eigenvalue weighted by atomic mass is 35.5. The van der Waals surface area contributed by atoms with Crippen molar-refractivity contribution in [1.29, 1.82) is 0 Å². The van der Waals surface area contributed by atoms with Crippen molar-refractivity contribution in [2.75, 3.05) is 7.11 Å². The zero-order valence-corrected chi connectivity index (χ0v) is 15.8. The van der Waals surface area contributed by atoms with E-state index < -0.39 is 5.97 Å². The van der Waals surface area contributed by atoms with Crippen LogP contribution in [-0.4, -0.2) is 24.0 Å². The third-order valence-electron chi connectivity index (χ3n) is 4.09. The van der Waals surface area contributed by atoms with Gasteiger partial charge >= 0.3 is 5.97 Å². The van der Waals surface area contributed by atoms with Crippen LogP contribution in [0.4, 0.5) is 0 Å². The van der Waals surface area contributed by atoms with Crippen molar-refractivity contribution in [3.63, 3.8) is 0 Å². The van der Waals surface area contributed by atoms with Crippen LogP contribution >= 0.6 is 11.6 Å². The Bertz CT molecular complexity index is 847. The normalized spacial score (nSPS) is 10.3. The number of rotatable bonds is 7. The number of aliphatic carboxylic acids is 1. The predicted octanol–water partition coefficient (Wildman–Crippen LogP) is 5.04. The summed E-state index contributed by atoms with van der Waals surface area (Å²) in [6, 6.07) is 12.1. The van der Waals surface area contributed by atoms with E-state index in [-0.39, 0.29) is 18.6 Å². The largest absolute Gasteiger partial charge is 0.497 e. The summed E-state index contributed by atoms with van der Waals surface area (Å²) in [5, 5.41) is 9.82. The Morgan fingerprint density at radius 1 is 1.08 bits per heavy atom. The molecule has 4 nitrogen and oxygen atoms in total. The van der Waals surface area contributed by atoms with Crippen LogP contribution in [0.1, 0.15) is 41.8 Å². The molecule has 0 unspecified atom stereocenters. The van der Waals surface area contributed by atoms with E-state index in [0.717, 1.165) is 16.7 Å². The molecule has 136 valence electrons. The second-order valence-corrected chi connectivity index (χ2v) is 6.62. The van der Waals surface area contributed by atoms with Crippen LogP contribution in [0.15, 0.2) is 48.0 Å². The van der Waals surface area contributed by atoms with E-state index in [9.17, 15) is 14.7 Å². The fourth-order valence-electron chi connectivity index (χ4n) is 2.72. The highest BCUT2D eigenvalue weighted by Gasteiger charge is 2.17. The maximum atomic E-state index is 12.6. The maximum absolute atomic E-state index is 12.6. The van der Waals surface area contributed by atoms with Gasteiger partial charge in [0.05, 0.1) is 13.5 Å². The lowest BCUT2D eigenvalue weighted by Gasteiger charge is -2.15. The molecule has 0 aliphatic rings. The van der Waals surface area contributed by atoms with Crippen molar-refractivity contribution in [3.05, 3.63) is 69.8 Å². The molecule has 2 aromatic rings. The van der Waals surface area contributed by atoms with Crippen LogP contribution in [0.3, 0.4) is 0 Å². The first-order valence-electron chi connectivity index (χ1n) is 8.16. The molecule has 0 aliphatic carbocycles. The number of ketones is 1. The quantitative estimate of drug-likeness (QED) is 0.691. The van der Waals surface area contributed by atoms with E-state index in [4.69, 9.17) is 16.3 Å². The molecule has 0 amide bonds. The van der Waals surface area contributed by atoms with Gasteiger partial charge in [0.1, 0.15) is 5.75 Å². The van der Waals surface area contributed by atoms with E-state index >= 15 is 0 Å². The third-order valence-corrected chi connectivity index (χ3v) is 4.34. The predicted molar refractivity (Wildman–Crippen MR) is 103 cm³/mol. The van der Waals surface area contributed by atoms with Crippen LogP contribution in [0, 0.1) is 0 Å². The van der Waals surface area contributed by atoms with Crippen LogP contribution in [0.2, 0.25) is 5.02 Å². The molecule has 0 radical (unpaired) electrons. The Morgan fingerprint density at radius 2 is 1.73 bits per heavy atom. The number of hydrogen-bond donors (Lipinski definition) is 1. The number of Topliss-reactive ketones (excluding diaryl/α,β-unsaturated/α-hetero) is 1. The Labute approximate surface area is 158 Å². The number of allylic oxidation sites excluding steroid dienone is 1. The number of benzene rings is 2. The van der Waals surface area contributed by atoms with Crippen LogP contribution < -0.4 is 4.74 Å². The SMILES string of the molecule is COc1ccc(CC(=O)c2ccc(Cl)cc2)c(C(CC(=O)O)=C(C)C)c1. The first-order valence-corrected chi connectivity index (χ1v) is 8.53. The van der Waals surface area contributed by atoms with Gasteiger partial charge in [-0.2, -0.15) is 0 Å². The smallest absolute Gasteiger partial charge is 0.307 e. The minimum absolute atomic E-state index is 0.0588. The summed E-state index contributed by atoms with van der Waals surface area (Å²) in [7, 11) is 1.55. The van der Waals surface area contributed by atoms with Crippen molar-refractivity contribution < 1.29 is 19.4 Å². The highest BCUT2D eigenvalue weighted by Crippen LogP contribution is 2.30. The van der Waals surface area contributed by atoms with Crippen LogP contribution in [-0.2, 0) is 11.2 Å². The van der Waals surface area contributed by atoms with Crippen molar-refractivity contribution in [2.45, 2.75) is 26.7 Å². The molecular formula is C21H21ClO4. The van der Waals surface area contributed by atoms with Gasteiger partial charge < -0.3 is 9.84 Å². The molecule has 0 bridgehead atoms. The minimum Gasteiger partial charge on any atom is -0.497 e. The number of hydrogen-bond acceptors (Lipinski definition) is 3. The average molecular weight is 373 g/mol. The first-order chi connectivity index (χ1) is 12.3. The summed E-state index contributed by atoms with van der Waals surface area (Å²) in [6.45, 7) is 3.73. The summed E-state index contributed by atoms with van der Waals surface area (Å²) in [5.74, 6) is -0.359. The molecule has 0 saturated heterocycles. The van der Waals surface area contributed by atoms with Gasteiger partial charge in [-0.25, -0.2) is 0 Å². The van der Waals surface area contributed by atoms with Gasteiger partial charge in [0.15, 0.2) is 5.78 Å². The lowest BCUT2D eigenvalue weighted by molar-refractivity contribution is -0.135. The molecule has 0 aliphatic heterocycles. The van der Waals surface area contributed by atoms with Gasteiger partial charge in [0.25, 0.3) is 0 Å². The second-order valence-electron chi connectivity index (χ2n) is 6.18. The number of carboxylic acid groups (broad SMARTS) is 1. The molecule has 5 heteroatoms. The molecule has 0 spiro atoms. The zero-order chi connectivity index (χ0) is 19.3. The molecule has 0 aromatic heterocycles. The third kappa shape index (κ3) is 4.96. The van der Waals surface area contributed by atoms with E-state index in [0.29, 0.717) is 21.9 Å². The molecule has 1 N–H and O–H groups in total. The van der Waals surface area contributed by atoms with Gasteiger partial charge in [0, 0.05) is 17.0 Å². The lowest BCUT2D eigenvalue weighted by Crippen LogP contribution is -2.08. The molecule has 26 heavy (non-hydrogen) atoms. The number of carbonyl (C=O) groups is 2. The number of methoxy groups -OCH3 is 1. The molecule has 2 aromatic carbocycles. The van der Waals surface area contributed by atoms with E-state index in [1.54, 1.807) is 43.5 Å². The van der Waals surface area contributed by atoms with Crippen molar-refractivity contribution in [3.8, 4) is 5.75 Å². The lowest BCUT2D eigenvalue weighted by atomic mass is 9.90. The Morgan fingerprint density at radius 3 is 2.27 bits per heavy atom. The summed E-state index contributed by atoms with van der Waals surface area (Å²) in [4.78, 5) is 23.9. The van der Waals surface area contributed by atoms with Crippen LogP contribution in [0.5, 0.6) is 5.75 Å². The van der Waals surface area contributed by atoms with Crippen molar-refractivity contribution >= 4 is 28.9 Å². The average Bonchev–Trinajstić information content (AvgIpc) is 2.60. The number of carboxylic acids is 1. The topological polar surface area (TPSA) is 63.6 Å². The van der Waals surface area contributed by atoms with Crippen molar-refractivity contribution in [2.24, 2.45) is 0 Å². The van der Waals surface area contributed by atoms with Gasteiger partial charge in [0.2, 0.25) is 0 Å². The molecule has 0 fully saturated rings. The van der Waals surface area contributed by atoms with Crippen molar-refractivity contribution in [1.82, 2.24) is 0 Å². The molecule has 2 rings (SSSR count). The number of ether oxygens (including phenoxy) is 1. The number of halogens is 1. The summed E-state index contributed by atoms with van der Waals surface area (Å²) in [5.41, 5.74) is 3.64. The van der Waals surface area contributed by atoms with Crippen LogP contribution in [0.25, 0.3) is 5.57 Å². The molecule has 0 atom stereocenters. The van der Waals surface area contributed by atoms with Gasteiger partial charge in [-0.1, -0.05) is 23.2 Å². The monoisotopic (exact) mass is 372 g/mol. The van der Waals surface area contributed by atoms with E-state index in [1.165, 1.54) is 0 Å². The zero-order valence-electron chi connectivity index (χ0n) is 15.0. The minimum atomic E-state index is -0.918. The molecule has 0 saturated carbocycles. The first kappa shape index (κ1) is 19.7. The van der Waals surface area contributed by atoms with Gasteiger partial charge in [-0.15, -0.1) is 0 Å². The Balaban J connectivity index is 2.44. The fourth-order valence-corrected chi connectivity index (χ4v) is 2.85. The highest BCUT2D eigenvalue weighted by molar-refractivity contribution is 6.30.